The van der Waals surface area contributed by atoms with Gasteiger partial charge >= 0.3 is 0 Å². The number of hydrogen-bond acceptors (Lipinski definition) is 2. The normalized spacial score (nSPS) is 24.7. The molecule has 3 heteroatoms. The van der Waals surface area contributed by atoms with Gasteiger partial charge in [0.05, 0.1) is 11.2 Å². The molecule has 0 spiro atoms. The minimum atomic E-state index is -0.0224. The van der Waals surface area contributed by atoms with Gasteiger partial charge in [-0.3, -0.25) is 4.68 Å². The first kappa shape index (κ1) is 7.56. The summed E-state index contributed by atoms with van der Waals surface area (Å²) in [4.78, 5) is 0. The van der Waals surface area contributed by atoms with Crippen LogP contribution in [0.2, 0.25) is 0 Å². The van der Waals surface area contributed by atoms with Gasteiger partial charge in [0, 0.05) is 12.7 Å². The molecular weight excluding hydrogens is 162 g/mol. The third kappa shape index (κ3) is 1.27. The maximum Gasteiger partial charge on any atom is 0.0582 e. The molecule has 70 valence electrons. The Kier molecular flexibility index (Phi) is 1.37. The van der Waals surface area contributed by atoms with E-state index in [9.17, 15) is 0 Å². The van der Waals surface area contributed by atoms with E-state index in [-0.39, 0.29) is 5.54 Å². The highest BCUT2D eigenvalue weighted by molar-refractivity contribution is 5.21. The summed E-state index contributed by atoms with van der Waals surface area (Å²) in [7, 11) is 0. The van der Waals surface area contributed by atoms with E-state index >= 15 is 0 Å². The van der Waals surface area contributed by atoms with Gasteiger partial charge < -0.3 is 5.73 Å². The van der Waals surface area contributed by atoms with Crippen molar-refractivity contribution in [3.8, 4) is 0 Å². The van der Waals surface area contributed by atoms with E-state index in [0.29, 0.717) is 0 Å². The van der Waals surface area contributed by atoms with Crippen molar-refractivity contribution in [3.63, 3.8) is 0 Å². The maximum absolute atomic E-state index is 6.15. The molecule has 3 rings (SSSR count). The zero-order valence-electron chi connectivity index (χ0n) is 7.74. The van der Waals surface area contributed by atoms with Crippen LogP contribution in [0.25, 0.3) is 0 Å². The van der Waals surface area contributed by atoms with Crippen molar-refractivity contribution in [1.82, 2.24) is 9.78 Å². The maximum atomic E-state index is 6.15. The Morgan fingerprint density at radius 1 is 1.54 bits per heavy atom. The molecule has 0 atom stereocenters. The summed E-state index contributed by atoms with van der Waals surface area (Å²) in [6.45, 7) is 1.08. The summed E-state index contributed by atoms with van der Waals surface area (Å²) < 4.78 is 2.12. The molecule has 1 aromatic rings. The molecule has 0 aromatic carbocycles. The highest BCUT2D eigenvalue weighted by Crippen LogP contribution is 2.43. The van der Waals surface area contributed by atoms with Crippen LogP contribution in [0.5, 0.6) is 0 Å². The molecule has 2 N–H and O–H groups in total. The summed E-state index contributed by atoms with van der Waals surface area (Å²) in [6, 6.07) is 2.08. The lowest BCUT2D eigenvalue weighted by Gasteiger charge is -2.11. The second-order valence-electron chi connectivity index (χ2n) is 4.50. The van der Waals surface area contributed by atoms with Crippen molar-refractivity contribution in [2.75, 3.05) is 0 Å². The van der Waals surface area contributed by atoms with Gasteiger partial charge in [0.15, 0.2) is 0 Å². The highest BCUT2D eigenvalue weighted by Gasteiger charge is 2.43. The van der Waals surface area contributed by atoms with Gasteiger partial charge in [0.1, 0.15) is 0 Å². The van der Waals surface area contributed by atoms with E-state index in [1.165, 1.54) is 18.5 Å². The number of aromatic nitrogens is 2. The van der Waals surface area contributed by atoms with E-state index < -0.39 is 0 Å². The Labute approximate surface area is 77.9 Å². The fourth-order valence-electron chi connectivity index (χ4n) is 1.84. The van der Waals surface area contributed by atoms with Gasteiger partial charge in [-0.2, -0.15) is 5.10 Å². The monoisotopic (exact) mass is 177 g/mol. The lowest BCUT2D eigenvalue weighted by Crippen LogP contribution is -2.24. The molecule has 0 radical (unpaired) electrons. The SMILES string of the molecule is NC1(c2ccnn2CC2CC2)CC1. The average Bonchev–Trinajstić information content (AvgIpc) is 2.97. The fraction of sp³-hybridized carbons (Fsp3) is 0.700. The number of nitrogens with zero attached hydrogens (tertiary/aromatic N) is 2. The first-order valence-corrected chi connectivity index (χ1v) is 5.09. The molecule has 13 heavy (non-hydrogen) atoms. The van der Waals surface area contributed by atoms with Crippen LogP contribution in [0, 0.1) is 5.92 Å². The molecule has 0 amide bonds. The predicted octanol–water partition coefficient (Wildman–Crippen LogP) is 1.24. The van der Waals surface area contributed by atoms with Crippen LogP contribution >= 0.6 is 0 Å². The van der Waals surface area contributed by atoms with Gasteiger partial charge in [-0.05, 0) is 37.7 Å². The van der Waals surface area contributed by atoms with Crippen molar-refractivity contribution >= 4 is 0 Å². The number of rotatable bonds is 3. The van der Waals surface area contributed by atoms with Crippen molar-refractivity contribution in [2.24, 2.45) is 11.7 Å². The Bertz CT molecular complexity index is 321. The van der Waals surface area contributed by atoms with Gasteiger partial charge in [0.2, 0.25) is 0 Å². The highest BCUT2D eigenvalue weighted by atomic mass is 15.3. The zero-order valence-corrected chi connectivity index (χ0v) is 7.74. The van der Waals surface area contributed by atoms with Gasteiger partial charge in [-0.25, -0.2) is 0 Å². The molecule has 0 unspecified atom stereocenters. The molecule has 2 aliphatic rings. The van der Waals surface area contributed by atoms with Crippen LogP contribution in [0.3, 0.4) is 0 Å². The quantitative estimate of drug-likeness (QED) is 0.755. The molecular formula is C10H15N3. The Morgan fingerprint density at radius 2 is 2.31 bits per heavy atom. The van der Waals surface area contributed by atoms with Crippen LogP contribution in [0.1, 0.15) is 31.4 Å². The Balaban J connectivity index is 1.86. The van der Waals surface area contributed by atoms with E-state index in [1.807, 2.05) is 6.20 Å². The second kappa shape index (κ2) is 2.35. The Morgan fingerprint density at radius 3 is 2.92 bits per heavy atom. The largest absolute Gasteiger partial charge is 0.320 e. The van der Waals surface area contributed by atoms with E-state index in [4.69, 9.17) is 5.73 Å². The van der Waals surface area contributed by atoms with Crippen molar-refractivity contribution < 1.29 is 0 Å². The molecule has 2 fully saturated rings. The summed E-state index contributed by atoms with van der Waals surface area (Å²) >= 11 is 0. The minimum absolute atomic E-state index is 0.0224. The molecule has 2 aliphatic carbocycles. The third-order valence-electron chi connectivity index (χ3n) is 3.14. The fourth-order valence-corrected chi connectivity index (χ4v) is 1.84. The topological polar surface area (TPSA) is 43.8 Å². The number of nitrogens with two attached hydrogens (primary N) is 1. The molecule has 0 saturated heterocycles. The van der Waals surface area contributed by atoms with E-state index in [1.54, 1.807) is 0 Å². The van der Waals surface area contributed by atoms with Gasteiger partial charge in [0.25, 0.3) is 0 Å². The molecule has 2 saturated carbocycles. The van der Waals surface area contributed by atoms with Crippen LogP contribution in [0.4, 0.5) is 0 Å². The van der Waals surface area contributed by atoms with Crippen molar-refractivity contribution in [3.05, 3.63) is 18.0 Å². The van der Waals surface area contributed by atoms with Crippen LogP contribution in [-0.2, 0) is 12.1 Å². The molecule has 3 nitrogen and oxygen atoms in total. The summed E-state index contributed by atoms with van der Waals surface area (Å²) in [5.74, 6) is 0.876. The van der Waals surface area contributed by atoms with Gasteiger partial charge in [-0.15, -0.1) is 0 Å². The number of hydrogen-bond donors (Lipinski definition) is 1. The van der Waals surface area contributed by atoms with Crippen molar-refractivity contribution in [1.29, 1.82) is 0 Å². The lowest BCUT2D eigenvalue weighted by molar-refractivity contribution is 0.508. The average molecular weight is 177 g/mol. The van der Waals surface area contributed by atoms with Crippen molar-refractivity contribution in [2.45, 2.75) is 37.8 Å². The molecule has 1 heterocycles. The predicted molar refractivity (Wildman–Crippen MR) is 50.1 cm³/mol. The summed E-state index contributed by atoms with van der Waals surface area (Å²) in [6.07, 6.45) is 6.88. The summed E-state index contributed by atoms with van der Waals surface area (Å²) in [5, 5.41) is 4.34. The zero-order chi connectivity index (χ0) is 8.89. The molecule has 0 aliphatic heterocycles. The third-order valence-corrected chi connectivity index (χ3v) is 3.14. The van der Waals surface area contributed by atoms with Crippen LogP contribution in [-0.4, -0.2) is 9.78 Å². The van der Waals surface area contributed by atoms with Crippen LogP contribution in [0.15, 0.2) is 12.3 Å². The smallest absolute Gasteiger partial charge is 0.0582 e. The molecule has 1 aromatic heterocycles. The lowest BCUT2D eigenvalue weighted by atomic mass is 10.2. The van der Waals surface area contributed by atoms with E-state index in [0.717, 1.165) is 25.3 Å². The van der Waals surface area contributed by atoms with E-state index in [2.05, 4.69) is 15.8 Å². The second-order valence-corrected chi connectivity index (χ2v) is 4.50. The minimum Gasteiger partial charge on any atom is -0.320 e. The van der Waals surface area contributed by atoms with Crippen LogP contribution < -0.4 is 5.73 Å². The first-order chi connectivity index (χ1) is 6.28. The first-order valence-electron chi connectivity index (χ1n) is 5.09. The standard InChI is InChI=1S/C10H15N3/c11-10(4-5-10)9-3-6-12-13(9)7-8-1-2-8/h3,6,8H,1-2,4-5,7,11H2. The Hall–Kier alpha value is -0.830. The summed E-state index contributed by atoms with van der Waals surface area (Å²) in [5.41, 5.74) is 7.38. The van der Waals surface area contributed by atoms with Gasteiger partial charge in [-0.1, -0.05) is 0 Å². The molecule has 0 bridgehead atoms.